The van der Waals surface area contributed by atoms with Crippen LogP contribution in [-0.4, -0.2) is 22.9 Å². The van der Waals surface area contributed by atoms with Gasteiger partial charge in [0.15, 0.2) is 0 Å². The zero-order chi connectivity index (χ0) is 37.2. The van der Waals surface area contributed by atoms with Crippen molar-refractivity contribution in [3.8, 4) is 45.3 Å². The van der Waals surface area contributed by atoms with Gasteiger partial charge in [-0.15, -0.1) is 0 Å². The molecule has 6 aliphatic heterocycles. The van der Waals surface area contributed by atoms with E-state index in [4.69, 9.17) is 9.47 Å². The third-order valence-electron chi connectivity index (χ3n) is 15.8. The molecule has 2 spiro atoms. The summed E-state index contributed by atoms with van der Waals surface area (Å²) in [5.41, 5.74) is 12.3. The summed E-state index contributed by atoms with van der Waals surface area (Å²) in [5, 5.41) is 3.53. The molecule has 0 radical (unpaired) electrons. The Morgan fingerprint density at radius 3 is 1.38 bits per heavy atom. The molecule has 0 atom stereocenters. The summed E-state index contributed by atoms with van der Waals surface area (Å²) in [6, 6.07) is 44.2. The molecule has 0 aromatic heterocycles. The summed E-state index contributed by atoms with van der Waals surface area (Å²) in [4.78, 5) is 0. The standard InChI is InChI=1S/C50H55BO2Si2/c1-49(2)24-30-54(26-7-5-8-27-54)44-22-20-34(32-38(44)49)36-14-11-16-40-47(36)52-42-18-13-19-43-46(42)51(40)41-17-12-15-37(48(41)53-43)35-21-23-45-39(33-35)50(3,4)25-31-55(45)28-9-6-10-29-55/h11-23,32-33H,5-10,24-31H2,1-4H3. The predicted octanol–water partition coefficient (Wildman–Crippen LogP) is 10.8. The minimum atomic E-state index is -1.44. The number of hydrogen-bond donors (Lipinski definition) is 0. The van der Waals surface area contributed by atoms with Gasteiger partial charge in [0.25, 0.3) is 6.71 Å². The first-order chi connectivity index (χ1) is 26.7. The molecule has 0 N–H and O–H groups in total. The van der Waals surface area contributed by atoms with Gasteiger partial charge in [0.05, 0.1) is 16.1 Å². The van der Waals surface area contributed by atoms with Crippen molar-refractivity contribution in [3.05, 3.63) is 102 Å². The molecule has 5 aromatic rings. The highest BCUT2D eigenvalue weighted by Crippen LogP contribution is 2.48. The zero-order valence-corrected chi connectivity index (χ0v) is 35.5. The maximum atomic E-state index is 7.02. The number of benzene rings is 5. The van der Waals surface area contributed by atoms with Crippen molar-refractivity contribution in [2.24, 2.45) is 0 Å². The fraction of sp³-hybridized carbons (Fsp3) is 0.400. The van der Waals surface area contributed by atoms with Gasteiger partial charge in [0.1, 0.15) is 23.0 Å². The van der Waals surface area contributed by atoms with E-state index in [1.54, 1.807) is 21.5 Å². The Morgan fingerprint density at radius 1 is 0.491 bits per heavy atom. The van der Waals surface area contributed by atoms with E-state index < -0.39 is 16.1 Å². The van der Waals surface area contributed by atoms with Crippen LogP contribution in [0.2, 0.25) is 36.3 Å². The van der Waals surface area contributed by atoms with Gasteiger partial charge in [-0.05, 0) is 69.0 Å². The first-order valence-corrected chi connectivity index (χ1v) is 27.0. The molecule has 5 heteroatoms. The number of para-hydroxylation sites is 2. The Hall–Kier alpha value is -3.80. The van der Waals surface area contributed by atoms with Crippen molar-refractivity contribution >= 4 is 49.6 Å². The summed E-state index contributed by atoms with van der Waals surface area (Å²) >= 11 is 0. The fourth-order valence-corrected chi connectivity index (χ4v) is 24.4. The van der Waals surface area contributed by atoms with Crippen LogP contribution in [0.1, 0.15) is 90.2 Å². The Bertz CT molecular complexity index is 2220. The summed E-state index contributed by atoms with van der Waals surface area (Å²) in [6.07, 6.45) is 11.2. The van der Waals surface area contributed by atoms with Crippen molar-refractivity contribution in [1.82, 2.24) is 0 Å². The molecule has 278 valence electrons. The van der Waals surface area contributed by atoms with Gasteiger partial charge in [-0.25, -0.2) is 0 Å². The van der Waals surface area contributed by atoms with Crippen molar-refractivity contribution < 1.29 is 9.47 Å². The molecule has 5 aromatic carbocycles. The van der Waals surface area contributed by atoms with Crippen LogP contribution < -0.4 is 36.2 Å². The van der Waals surface area contributed by atoms with E-state index in [0.717, 1.165) is 28.5 Å². The molecule has 2 nitrogen and oxygen atoms in total. The molecule has 11 rings (SSSR count). The normalized spacial score (nSPS) is 21.6. The van der Waals surface area contributed by atoms with Crippen LogP contribution in [0, 0.1) is 0 Å². The first kappa shape index (κ1) is 34.4. The van der Waals surface area contributed by atoms with Gasteiger partial charge >= 0.3 is 0 Å². The highest BCUT2D eigenvalue weighted by atomic mass is 28.3. The van der Waals surface area contributed by atoms with Gasteiger partial charge in [-0.3, -0.25) is 0 Å². The smallest absolute Gasteiger partial charge is 0.260 e. The van der Waals surface area contributed by atoms with E-state index in [9.17, 15) is 0 Å². The van der Waals surface area contributed by atoms with E-state index in [1.165, 1.54) is 121 Å². The number of hydrogen-bond acceptors (Lipinski definition) is 2. The topological polar surface area (TPSA) is 18.5 Å². The molecule has 2 saturated heterocycles. The van der Waals surface area contributed by atoms with Gasteiger partial charge in [-0.1, -0.05) is 192 Å². The third-order valence-corrected chi connectivity index (χ3v) is 26.6. The van der Waals surface area contributed by atoms with E-state index in [2.05, 4.69) is 119 Å². The monoisotopic (exact) mass is 754 g/mol. The van der Waals surface area contributed by atoms with Gasteiger partial charge in [-0.2, -0.15) is 0 Å². The molecule has 2 fully saturated rings. The fourth-order valence-electron chi connectivity index (χ4n) is 12.5. The maximum Gasteiger partial charge on any atom is 0.260 e. The van der Waals surface area contributed by atoms with Crippen LogP contribution >= 0.6 is 0 Å². The Morgan fingerprint density at radius 2 is 0.927 bits per heavy atom. The van der Waals surface area contributed by atoms with E-state index in [1.807, 2.05) is 0 Å². The summed E-state index contributed by atoms with van der Waals surface area (Å²) in [5.74, 6) is 3.85. The van der Waals surface area contributed by atoms with E-state index in [-0.39, 0.29) is 17.5 Å². The van der Waals surface area contributed by atoms with Crippen LogP contribution in [0.4, 0.5) is 0 Å². The van der Waals surface area contributed by atoms with Crippen LogP contribution in [0.3, 0.4) is 0 Å². The molecular formula is C50H55BO2Si2. The molecule has 0 aliphatic carbocycles. The summed E-state index contributed by atoms with van der Waals surface area (Å²) in [7, 11) is -2.88. The lowest BCUT2D eigenvalue weighted by Crippen LogP contribution is -2.57. The molecule has 6 heterocycles. The zero-order valence-electron chi connectivity index (χ0n) is 33.5. The Balaban J connectivity index is 1.04. The average molecular weight is 755 g/mol. The molecular weight excluding hydrogens is 700 g/mol. The summed E-state index contributed by atoms with van der Waals surface area (Å²) < 4.78 is 14.0. The second kappa shape index (κ2) is 12.3. The molecule has 0 unspecified atom stereocenters. The number of ether oxygens (including phenoxy) is 2. The van der Waals surface area contributed by atoms with Crippen molar-refractivity contribution in [2.45, 2.75) is 126 Å². The van der Waals surface area contributed by atoms with Crippen LogP contribution in [0.25, 0.3) is 22.3 Å². The van der Waals surface area contributed by atoms with E-state index in [0.29, 0.717) is 0 Å². The predicted molar refractivity (Wildman–Crippen MR) is 238 cm³/mol. The van der Waals surface area contributed by atoms with Gasteiger partial charge < -0.3 is 9.47 Å². The molecule has 6 aliphatic rings. The summed E-state index contributed by atoms with van der Waals surface area (Å²) in [6.45, 7) is 10.0. The quantitative estimate of drug-likeness (QED) is 0.164. The molecule has 0 amide bonds. The largest absolute Gasteiger partial charge is 0.458 e. The van der Waals surface area contributed by atoms with E-state index >= 15 is 0 Å². The third kappa shape index (κ3) is 5.17. The highest BCUT2D eigenvalue weighted by molar-refractivity contribution is 6.98. The van der Waals surface area contributed by atoms with Crippen LogP contribution in [-0.2, 0) is 10.8 Å². The highest BCUT2D eigenvalue weighted by Gasteiger charge is 2.47. The maximum absolute atomic E-state index is 7.02. The van der Waals surface area contributed by atoms with Crippen molar-refractivity contribution in [2.75, 3.05) is 0 Å². The average Bonchev–Trinajstić information content (AvgIpc) is 3.21. The molecule has 0 bridgehead atoms. The second-order valence-electron chi connectivity index (χ2n) is 19.7. The SMILES string of the molecule is CC1(C)CC[Si]2(CCCCC2)c2ccc(-c3cccc4c3Oc3cccc5c3B4c3cccc(-c4ccc6c(c4)C(C)(C)CC[Si]64CCCCC4)c3O5)cc21. The minimum Gasteiger partial charge on any atom is -0.458 e. The number of rotatable bonds is 2. The van der Waals surface area contributed by atoms with Crippen molar-refractivity contribution in [3.63, 3.8) is 0 Å². The van der Waals surface area contributed by atoms with Crippen LogP contribution in [0.15, 0.2) is 91.0 Å². The molecule has 55 heavy (non-hydrogen) atoms. The lowest BCUT2D eigenvalue weighted by Gasteiger charge is -2.46. The molecule has 0 saturated carbocycles. The van der Waals surface area contributed by atoms with Gasteiger partial charge in [0, 0.05) is 16.6 Å². The van der Waals surface area contributed by atoms with Crippen molar-refractivity contribution in [1.29, 1.82) is 0 Å². The second-order valence-corrected chi connectivity index (χ2v) is 28.9. The first-order valence-electron chi connectivity index (χ1n) is 21.7. The lowest BCUT2D eigenvalue weighted by atomic mass is 9.34. The Labute approximate surface area is 331 Å². The van der Waals surface area contributed by atoms with Gasteiger partial charge in [0.2, 0.25) is 0 Å². The van der Waals surface area contributed by atoms with Crippen LogP contribution in [0.5, 0.6) is 23.0 Å². The minimum absolute atomic E-state index is 0.0394. The lowest BCUT2D eigenvalue weighted by molar-refractivity contribution is 0.466. The number of fused-ring (bicyclic) bond motifs is 8. The Kier molecular flexibility index (Phi) is 7.73.